The molecule has 0 rings (SSSR count). The van der Waals surface area contributed by atoms with Crippen LogP contribution in [-0.4, -0.2) is 27.9 Å². The Kier molecular flexibility index (Phi) is 4.48. The van der Waals surface area contributed by atoms with Crippen LogP contribution in [0, 0.1) is 0 Å². The summed E-state index contributed by atoms with van der Waals surface area (Å²) in [5.74, 6) is -2.65. The Hall–Kier alpha value is -0.260. The summed E-state index contributed by atoms with van der Waals surface area (Å²) in [5.41, 5.74) is 0. The molecule has 0 fully saturated rings. The van der Waals surface area contributed by atoms with Gasteiger partial charge in [0.05, 0.1) is 6.42 Å². The molecule has 0 aliphatic carbocycles. The third kappa shape index (κ3) is 5.06. The van der Waals surface area contributed by atoms with E-state index >= 15 is 0 Å². The van der Waals surface area contributed by atoms with Crippen molar-refractivity contribution in [2.24, 2.45) is 0 Å². The highest BCUT2D eigenvalue weighted by Gasteiger charge is 2.24. The minimum Gasteiger partial charge on any atom is -0.408 e. The fraction of sp³-hybridized carbons (Fsp3) is 0.833. The maximum absolute atomic E-state index is 10.6. The van der Waals surface area contributed by atoms with Gasteiger partial charge < -0.3 is 14.9 Å². The van der Waals surface area contributed by atoms with Gasteiger partial charge in [0.15, 0.2) is 0 Å². The van der Waals surface area contributed by atoms with Crippen LogP contribution in [0.25, 0.3) is 0 Å². The van der Waals surface area contributed by atoms with Gasteiger partial charge in [0, 0.05) is 12.2 Å². The second kappa shape index (κ2) is 4.58. The first kappa shape index (κ1) is 10.7. The molecule has 0 atom stereocenters. The van der Waals surface area contributed by atoms with Crippen molar-refractivity contribution in [1.82, 2.24) is 0 Å². The van der Waals surface area contributed by atoms with Crippen LogP contribution in [-0.2, 0) is 9.53 Å². The van der Waals surface area contributed by atoms with Crippen LogP contribution in [0.5, 0.6) is 0 Å². The molecule has 0 aromatic carbocycles. The molecule has 4 nitrogen and oxygen atoms in total. The van der Waals surface area contributed by atoms with Crippen molar-refractivity contribution in [3.8, 4) is 0 Å². The lowest BCUT2D eigenvalue weighted by Gasteiger charge is -2.18. The van der Waals surface area contributed by atoms with Crippen LogP contribution in [0.3, 0.4) is 0 Å². The standard InChI is InChI=1S/C6H12O4S/c1-2-6(8,9)10-5(7)3-4-11/h8-9,11H,2-4H2,1H3. The Morgan fingerprint density at radius 2 is 2.18 bits per heavy atom. The molecule has 0 unspecified atom stereocenters. The fourth-order valence-corrected chi connectivity index (χ4v) is 0.579. The highest BCUT2D eigenvalue weighted by Crippen LogP contribution is 2.08. The molecule has 0 heterocycles. The molecular formula is C6H12O4S. The smallest absolute Gasteiger partial charge is 0.323 e. The Balaban J connectivity index is 3.74. The fourth-order valence-electron chi connectivity index (χ4n) is 0.397. The van der Waals surface area contributed by atoms with Gasteiger partial charge >= 0.3 is 11.9 Å². The lowest BCUT2D eigenvalue weighted by Crippen LogP contribution is -2.33. The highest BCUT2D eigenvalue weighted by molar-refractivity contribution is 7.80. The van der Waals surface area contributed by atoms with E-state index < -0.39 is 11.9 Å². The summed E-state index contributed by atoms with van der Waals surface area (Å²) in [4.78, 5) is 10.6. The Bertz CT molecular complexity index is 135. The molecule has 0 spiro atoms. The van der Waals surface area contributed by atoms with E-state index in [-0.39, 0.29) is 12.8 Å². The minimum absolute atomic E-state index is 0.0503. The number of hydrogen-bond acceptors (Lipinski definition) is 5. The molecular weight excluding hydrogens is 168 g/mol. The summed E-state index contributed by atoms with van der Waals surface area (Å²) in [5, 5.41) is 17.6. The van der Waals surface area contributed by atoms with Gasteiger partial charge in [-0.15, -0.1) is 0 Å². The van der Waals surface area contributed by atoms with Gasteiger partial charge in [-0.05, 0) is 0 Å². The van der Waals surface area contributed by atoms with Gasteiger partial charge in [0.1, 0.15) is 0 Å². The number of esters is 1. The first-order valence-electron chi connectivity index (χ1n) is 3.29. The molecule has 0 radical (unpaired) electrons. The highest BCUT2D eigenvalue weighted by atomic mass is 32.1. The summed E-state index contributed by atoms with van der Waals surface area (Å²) in [6.07, 6.45) is 0.0251. The quantitative estimate of drug-likeness (QED) is 0.321. The molecule has 0 aliphatic heterocycles. The Morgan fingerprint density at radius 1 is 1.64 bits per heavy atom. The van der Waals surface area contributed by atoms with E-state index in [4.69, 9.17) is 10.2 Å². The average molecular weight is 180 g/mol. The second-order valence-corrected chi connectivity index (χ2v) is 2.49. The van der Waals surface area contributed by atoms with Gasteiger partial charge in [0.25, 0.3) is 0 Å². The molecule has 66 valence electrons. The second-order valence-electron chi connectivity index (χ2n) is 2.04. The lowest BCUT2D eigenvalue weighted by molar-refractivity contribution is -0.319. The number of ether oxygens (including phenoxy) is 1. The molecule has 11 heavy (non-hydrogen) atoms. The third-order valence-electron chi connectivity index (χ3n) is 1.05. The maximum Gasteiger partial charge on any atom is 0.323 e. The summed E-state index contributed by atoms with van der Waals surface area (Å²) >= 11 is 3.77. The molecule has 0 bridgehead atoms. The van der Waals surface area contributed by atoms with Crippen molar-refractivity contribution in [2.75, 3.05) is 5.75 Å². The number of carbonyl (C=O) groups excluding carboxylic acids is 1. The van der Waals surface area contributed by atoms with Gasteiger partial charge in [-0.2, -0.15) is 12.6 Å². The monoisotopic (exact) mass is 180 g/mol. The number of rotatable bonds is 4. The largest absolute Gasteiger partial charge is 0.408 e. The first-order chi connectivity index (χ1) is 5.02. The van der Waals surface area contributed by atoms with Gasteiger partial charge in [-0.3, -0.25) is 4.79 Å². The molecule has 0 aromatic heterocycles. The van der Waals surface area contributed by atoms with Gasteiger partial charge in [-0.25, -0.2) is 0 Å². The number of aliphatic hydroxyl groups is 2. The van der Waals surface area contributed by atoms with E-state index in [1.165, 1.54) is 6.92 Å². The van der Waals surface area contributed by atoms with E-state index in [0.29, 0.717) is 5.75 Å². The average Bonchev–Trinajstić information content (AvgIpc) is 1.87. The predicted octanol–water partition coefficient (Wildman–Crippen LogP) is -0.102. The minimum atomic E-state index is -2.32. The number of thiol groups is 1. The van der Waals surface area contributed by atoms with Gasteiger partial charge in [0.2, 0.25) is 0 Å². The molecule has 0 saturated heterocycles. The van der Waals surface area contributed by atoms with Crippen LogP contribution in [0.1, 0.15) is 19.8 Å². The molecule has 0 aromatic rings. The topological polar surface area (TPSA) is 66.8 Å². The Labute approximate surface area is 70.6 Å². The van der Waals surface area contributed by atoms with Gasteiger partial charge in [-0.1, -0.05) is 6.92 Å². The molecule has 0 saturated carbocycles. The van der Waals surface area contributed by atoms with Crippen LogP contribution >= 0.6 is 12.6 Å². The van der Waals surface area contributed by atoms with Crippen LogP contribution in [0.4, 0.5) is 0 Å². The van der Waals surface area contributed by atoms with E-state index in [9.17, 15) is 4.79 Å². The zero-order chi connectivity index (χ0) is 8.91. The maximum atomic E-state index is 10.6. The molecule has 0 amide bonds. The zero-order valence-electron chi connectivity index (χ0n) is 6.28. The summed E-state index contributed by atoms with van der Waals surface area (Å²) in [7, 11) is 0. The first-order valence-corrected chi connectivity index (χ1v) is 3.92. The van der Waals surface area contributed by atoms with Crippen LogP contribution in [0.2, 0.25) is 0 Å². The van der Waals surface area contributed by atoms with Crippen molar-refractivity contribution in [3.63, 3.8) is 0 Å². The van der Waals surface area contributed by atoms with Crippen molar-refractivity contribution < 1.29 is 19.7 Å². The van der Waals surface area contributed by atoms with E-state index in [1.807, 2.05) is 0 Å². The van der Waals surface area contributed by atoms with Crippen molar-refractivity contribution in [1.29, 1.82) is 0 Å². The third-order valence-corrected chi connectivity index (χ3v) is 1.28. The van der Waals surface area contributed by atoms with E-state index in [0.717, 1.165) is 0 Å². The summed E-state index contributed by atoms with van der Waals surface area (Å²) in [6, 6.07) is 0. The number of hydrogen-bond donors (Lipinski definition) is 3. The number of carbonyl (C=O) groups is 1. The van der Waals surface area contributed by atoms with Crippen LogP contribution < -0.4 is 0 Å². The Morgan fingerprint density at radius 3 is 2.55 bits per heavy atom. The van der Waals surface area contributed by atoms with E-state index in [2.05, 4.69) is 17.4 Å². The van der Waals surface area contributed by atoms with Crippen molar-refractivity contribution in [2.45, 2.75) is 25.7 Å². The lowest BCUT2D eigenvalue weighted by atomic mass is 10.4. The zero-order valence-corrected chi connectivity index (χ0v) is 7.17. The SMILES string of the molecule is CCC(O)(O)OC(=O)CCS. The predicted molar refractivity (Wildman–Crippen MR) is 42.0 cm³/mol. The molecule has 0 aliphatic rings. The van der Waals surface area contributed by atoms with E-state index in [1.54, 1.807) is 0 Å². The summed E-state index contributed by atoms with van der Waals surface area (Å²) < 4.78 is 4.25. The molecule has 5 heteroatoms. The van der Waals surface area contributed by atoms with Crippen molar-refractivity contribution in [3.05, 3.63) is 0 Å². The summed E-state index contributed by atoms with van der Waals surface area (Å²) in [6.45, 7) is 1.49. The van der Waals surface area contributed by atoms with Crippen molar-refractivity contribution >= 4 is 18.6 Å². The van der Waals surface area contributed by atoms with Crippen LogP contribution in [0.15, 0.2) is 0 Å². The normalized spacial score (nSPS) is 11.3. The molecule has 2 N–H and O–H groups in total.